The molecule has 12 aromatic rings. The molecule has 0 unspecified atom stereocenters. The standard InChI is InChI=1S/C36H18N6O2S3.C16H14O2S3.C10H5N3O.CH4/c1-19-11-24(14-22(18-38)35-41-27-15-23(39-3)6-8-30(27)43-35)45-33(19)31-9-10-32(47-31)34-20(2)12-25(46-34)16-28(40-4)36-42-26-13-21(17-37)5-7-29(26)44-36;1-9-6-11(8-17)19-15(9)12-4-5-13(20-12)16-10(2)7-14(18-3)21-16;1-12-7-2-3-9-8(6-7)13-10(14-9)4-5-11;/h5-16H,1-2H3;4-8H,1-3H3;2-3,6H,4H2;1H4/b22-14+,28-16-;;;. The molecule has 12 rings (SSSR count). The predicted octanol–water partition coefficient (Wildman–Crippen LogP) is 19.7. The van der Waals surface area contributed by atoms with E-state index >= 15 is 0 Å². The summed E-state index contributed by atoms with van der Waals surface area (Å²) < 4.78 is 22.2. The molecule has 0 saturated heterocycles. The Morgan fingerprint density at radius 3 is 1.57 bits per heavy atom. The van der Waals surface area contributed by atoms with Crippen LogP contribution in [-0.4, -0.2) is 28.3 Å². The Morgan fingerprint density at radius 1 is 0.578 bits per heavy atom. The molecule has 0 N–H and O–H groups in total. The fourth-order valence-corrected chi connectivity index (χ4v) is 15.3. The highest BCUT2D eigenvalue weighted by Crippen LogP contribution is 2.46. The van der Waals surface area contributed by atoms with Crippen LogP contribution in [0.15, 0.2) is 116 Å². The van der Waals surface area contributed by atoms with E-state index in [4.69, 9.17) is 43.0 Å². The van der Waals surface area contributed by atoms with E-state index in [9.17, 15) is 15.3 Å². The number of thiophene rings is 6. The molecule has 20 heteroatoms. The monoisotopic (exact) mass is 1200 g/mol. The van der Waals surface area contributed by atoms with Gasteiger partial charge in [0.1, 0.15) is 23.6 Å². The highest BCUT2D eigenvalue weighted by Gasteiger charge is 2.19. The van der Waals surface area contributed by atoms with E-state index in [2.05, 4.69) is 112 Å². The maximum atomic E-state index is 10.9. The number of allylic oxidation sites excluding steroid dienone is 1. The van der Waals surface area contributed by atoms with Crippen molar-refractivity contribution in [3.05, 3.63) is 198 Å². The molecular weight excluding hydrogens is 1160 g/mol. The van der Waals surface area contributed by atoms with Gasteiger partial charge in [0.15, 0.2) is 39.5 Å². The minimum absolute atomic E-state index is 0. The smallest absolute Gasteiger partial charge is 0.249 e. The third kappa shape index (κ3) is 12.6. The Kier molecular flexibility index (Phi) is 17.6. The van der Waals surface area contributed by atoms with Gasteiger partial charge in [-0.05, 0) is 153 Å². The number of oxazole rings is 3. The number of aryl methyl sites for hydroxylation is 4. The van der Waals surface area contributed by atoms with E-state index in [1.807, 2.05) is 12.1 Å². The van der Waals surface area contributed by atoms with Gasteiger partial charge in [-0.2, -0.15) is 15.8 Å². The van der Waals surface area contributed by atoms with E-state index < -0.39 is 0 Å². The fourth-order valence-electron chi connectivity index (χ4n) is 8.36. The second-order valence-electron chi connectivity index (χ2n) is 17.8. The highest BCUT2D eigenvalue weighted by atomic mass is 32.1. The van der Waals surface area contributed by atoms with Gasteiger partial charge in [-0.25, -0.2) is 29.5 Å². The first-order chi connectivity index (χ1) is 39.8. The van der Waals surface area contributed by atoms with Crippen LogP contribution < -0.4 is 4.74 Å². The number of methoxy groups -OCH3 is 1. The van der Waals surface area contributed by atoms with E-state index in [0.717, 1.165) is 62.2 Å². The minimum Gasteiger partial charge on any atom is -0.487 e. The summed E-state index contributed by atoms with van der Waals surface area (Å²) in [5.74, 6) is 0.836. The summed E-state index contributed by atoms with van der Waals surface area (Å²) in [4.78, 5) is 46.2. The third-order valence-electron chi connectivity index (χ3n) is 12.2. The maximum absolute atomic E-state index is 10.9. The zero-order valence-electron chi connectivity index (χ0n) is 43.8. The van der Waals surface area contributed by atoms with Crippen LogP contribution in [0.3, 0.4) is 0 Å². The van der Waals surface area contributed by atoms with Crippen LogP contribution in [0.1, 0.15) is 72.3 Å². The lowest BCUT2D eigenvalue weighted by atomic mass is 10.2. The first kappa shape index (κ1) is 57.8. The molecule has 0 aliphatic carbocycles. The molecule has 0 aliphatic rings. The SMILES string of the molecule is C.COc1cc(C)c(-c2ccc(-c3sc(C=O)cc3C)s2)s1.[C-]#[N+]/C(=C\c1cc(C)c(-c2ccc(-c3sc(/C=C(\C#N)c4nc5cc([N+]#[C-])ccc5o4)cc3C)s2)s1)c1nc2cc(C#N)ccc2o1.[C-]#[N+]c1ccc2oc(CC#N)nc2c1. The summed E-state index contributed by atoms with van der Waals surface area (Å²) in [6, 6.07) is 37.9. The topological polar surface area (TPSA) is 189 Å². The number of rotatable bonds is 11. The van der Waals surface area contributed by atoms with Gasteiger partial charge in [0.05, 0.1) is 65.3 Å². The predicted molar refractivity (Wildman–Crippen MR) is 336 cm³/mol. The van der Waals surface area contributed by atoms with Gasteiger partial charge in [0.25, 0.3) is 0 Å². The van der Waals surface area contributed by atoms with Crippen molar-refractivity contribution in [2.24, 2.45) is 0 Å². The number of carbonyl (C=O) groups is 1. The van der Waals surface area contributed by atoms with Crippen LogP contribution in [0.5, 0.6) is 5.06 Å². The van der Waals surface area contributed by atoms with E-state index in [-0.39, 0.29) is 31.3 Å². The quantitative estimate of drug-likeness (QED) is 0.0681. The van der Waals surface area contributed by atoms with E-state index in [0.29, 0.717) is 61.7 Å². The van der Waals surface area contributed by atoms with Gasteiger partial charge in [-0.1, -0.05) is 30.9 Å². The summed E-state index contributed by atoms with van der Waals surface area (Å²) in [6.07, 6.45) is 4.65. The molecule has 0 saturated carbocycles. The van der Waals surface area contributed by atoms with Crippen molar-refractivity contribution in [3.63, 3.8) is 0 Å². The number of benzene rings is 3. The Bertz CT molecular complexity index is 4610. The van der Waals surface area contributed by atoms with Crippen molar-refractivity contribution < 1.29 is 22.8 Å². The Morgan fingerprint density at radius 2 is 1.06 bits per heavy atom. The van der Waals surface area contributed by atoms with Crippen molar-refractivity contribution in [1.82, 2.24) is 15.0 Å². The molecule has 14 nitrogen and oxygen atoms in total. The third-order valence-corrected chi connectivity index (χ3v) is 19.8. The zero-order chi connectivity index (χ0) is 57.6. The molecule has 0 bridgehead atoms. The normalized spacial score (nSPS) is 11.0. The van der Waals surface area contributed by atoms with Gasteiger partial charge in [0.2, 0.25) is 23.4 Å². The molecule has 0 amide bonds. The second-order valence-corrected chi connectivity index (χ2v) is 24.3. The van der Waals surface area contributed by atoms with E-state index in [1.54, 1.807) is 142 Å². The summed E-state index contributed by atoms with van der Waals surface area (Å²) in [5, 5.41) is 28.5. The number of aromatic nitrogens is 3. The molecule has 9 heterocycles. The molecule has 404 valence electrons. The molecule has 0 radical (unpaired) electrons. The van der Waals surface area contributed by atoms with Gasteiger partial charge in [-0.3, -0.25) is 4.79 Å². The van der Waals surface area contributed by atoms with Crippen molar-refractivity contribution in [2.75, 3.05) is 7.11 Å². The fraction of sp³-hybridized carbons (Fsp3) is 0.111. The molecule has 0 aliphatic heterocycles. The van der Waals surface area contributed by atoms with Crippen LogP contribution in [0.4, 0.5) is 11.4 Å². The lowest BCUT2D eigenvalue weighted by Gasteiger charge is -1.95. The summed E-state index contributed by atoms with van der Waals surface area (Å²) in [6.45, 7) is 30.1. The molecule has 0 fully saturated rings. The number of ether oxygens (including phenoxy) is 1. The molecule has 0 atom stereocenters. The van der Waals surface area contributed by atoms with Crippen LogP contribution in [-0.2, 0) is 6.42 Å². The number of nitriles is 3. The van der Waals surface area contributed by atoms with Crippen molar-refractivity contribution in [1.29, 1.82) is 15.8 Å². The van der Waals surface area contributed by atoms with Crippen LogP contribution in [0.2, 0.25) is 0 Å². The van der Waals surface area contributed by atoms with Crippen molar-refractivity contribution >= 4 is 142 Å². The number of fused-ring (bicyclic) bond motifs is 3. The zero-order valence-corrected chi connectivity index (χ0v) is 48.7. The van der Waals surface area contributed by atoms with Gasteiger partial charge >= 0.3 is 0 Å². The summed E-state index contributed by atoms with van der Waals surface area (Å²) in [7, 11) is 1.70. The summed E-state index contributed by atoms with van der Waals surface area (Å²) in [5.41, 5.74) is 10.0. The Balaban J connectivity index is 0.000000188. The first-order valence-corrected chi connectivity index (χ1v) is 29.3. The van der Waals surface area contributed by atoms with Gasteiger partial charge in [0, 0.05) is 43.9 Å². The van der Waals surface area contributed by atoms with Gasteiger partial charge in [-0.15, -0.1) is 56.7 Å². The average Bonchev–Trinajstić information content (AvgIpc) is 3.89. The molecule has 0 spiro atoms. The molecule has 83 heavy (non-hydrogen) atoms. The lowest BCUT2D eigenvalue weighted by Crippen LogP contribution is -1.80. The largest absolute Gasteiger partial charge is 0.487 e. The number of aldehydes is 1. The second kappa shape index (κ2) is 25.3. The number of hydrogen-bond acceptors (Lipinski definition) is 17. The Labute approximate surface area is 500 Å². The maximum Gasteiger partial charge on any atom is 0.249 e. The average molecular weight is 1200 g/mol. The molecule has 3 aromatic carbocycles. The summed E-state index contributed by atoms with van der Waals surface area (Å²) >= 11 is 9.87. The number of carbonyl (C=O) groups excluding carboxylic acids is 1. The van der Waals surface area contributed by atoms with Crippen molar-refractivity contribution in [2.45, 2.75) is 41.5 Å². The first-order valence-electron chi connectivity index (χ1n) is 24.4. The van der Waals surface area contributed by atoms with Crippen LogP contribution >= 0.6 is 68.0 Å². The number of nitrogens with zero attached hydrogens (tertiary/aromatic N) is 9. The van der Waals surface area contributed by atoms with Crippen LogP contribution in [0, 0.1) is 81.4 Å². The van der Waals surface area contributed by atoms with Gasteiger partial charge < -0.3 is 18.0 Å². The highest BCUT2D eigenvalue weighted by molar-refractivity contribution is 7.28. The molecule has 9 aromatic heterocycles. The lowest BCUT2D eigenvalue weighted by molar-refractivity contribution is 0.112. The van der Waals surface area contributed by atoms with E-state index in [1.165, 1.54) is 25.1 Å². The molecular formula is C63H41N9O5S6. The van der Waals surface area contributed by atoms with Crippen molar-refractivity contribution in [3.8, 4) is 62.3 Å². The number of hydrogen-bond donors (Lipinski definition) is 0. The minimum atomic E-state index is 0. The van der Waals surface area contributed by atoms with Crippen LogP contribution in [0.25, 0.3) is 110 Å². The Hall–Kier alpha value is -9.84.